The van der Waals surface area contributed by atoms with E-state index in [2.05, 4.69) is 15.7 Å². The molecular formula is C17H22N4O2. The lowest BCUT2D eigenvalue weighted by molar-refractivity contribution is -0.120. The van der Waals surface area contributed by atoms with Crippen LogP contribution < -0.4 is 15.8 Å². The van der Waals surface area contributed by atoms with Crippen LogP contribution in [0.1, 0.15) is 39.0 Å². The lowest BCUT2D eigenvalue weighted by Gasteiger charge is -2.31. The van der Waals surface area contributed by atoms with Crippen molar-refractivity contribution in [2.24, 2.45) is 4.99 Å². The molecule has 3 rings (SSSR count). The molecular weight excluding hydrogens is 292 g/mol. The van der Waals surface area contributed by atoms with Crippen LogP contribution in [0.25, 0.3) is 0 Å². The topological polar surface area (TPSA) is 73.8 Å². The van der Waals surface area contributed by atoms with Gasteiger partial charge in [-0.3, -0.25) is 15.0 Å². The van der Waals surface area contributed by atoms with E-state index in [1.165, 1.54) is 11.4 Å². The molecule has 0 bridgehead atoms. The smallest absolute Gasteiger partial charge is 0.288 e. The second kappa shape index (κ2) is 6.81. The van der Waals surface area contributed by atoms with Gasteiger partial charge in [0, 0.05) is 6.04 Å². The van der Waals surface area contributed by atoms with Crippen molar-refractivity contribution in [1.29, 1.82) is 0 Å². The minimum absolute atomic E-state index is 0.176. The highest BCUT2D eigenvalue weighted by Crippen LogP contribution is 2.18. The first-order valence-electron chi connectivity index (χ1n) is 8.19. The van der Waals surface area contributed by atoms with E-state index in [0.717, 1.165) is 25.7 Å². The number of hydrazine groups is 1. The predicted molar refractivity (Wildman–Crippen MR) is 89.0 cm³/mol. The van der Waals surface area contributed by atoms with Crippen molar-refractivity contribution in [3.05, 3.63) is 30.3 Å². The van der Waals surface area contributed by atoms with Crippen LogP contribution in [0.2, 0.25) is 0 Å². The van der Waals surface area contributed by atoms with Crippen molar-refractivity contribution in [2.75, 3.05) is 5.01 Å². The van der Waals surface area contributed by atoms with E-state index in [-0.39, 0.29) is 23.7 Å². The molecule has 0 radical (unpaired) electrons. The average molecular weight is 314 g/mol. The van der Waals surface area contributed by atoms with Gasteiger partial charge in [-0.2, -0.15) is 0 Å². The number of rotatable bonds is 3. The lowest BCUT2D eigenvalue weighted by Crippen LogP contribution is -2.58. The molecule has 2 aliphatic rings. The van der Waals surface area contributed by atoms with Crippen molar-refractivity contribution in [2.45, 2.75) is 51.1 Å². The number of nitrogens with zero attached hydrogens (tertiary/aromatic N) is 2. The Balaban J connectivity index is 1.73. The molecule has 0 spiro atoms. The summed E-state index contributed by atoms with van der Waals surface area (Å²) in [4.78, 5) is 29.0. The van der Waals surface area contributed by atoms with E-state index in [9.17, 15) is 9.59 Å². The van der Waals surface area contributed by atoms with Crippen LogP contribution in [-0.2, 0) is 9.59 Å². The summed E-state index contributed by atoms with van der Waals surface area (Å²) in [6.07, 6.45) is 5.55. The molecule has 6 heteroatoms. The summed E-state index contributed by atoms with van der Waals surface area (Å²) < 4.78 is 0. The van der Waals surface area contributed by atoms with Crippen molar-refractivity contribution >= 4 is 23.3 Å². The van der Waals surface area contributed by atoms with E-state index in [1.807, 2.05) is 30.3 Å². The number of amides is 2. The van der Waals surface area contributed by atoms with Gasteiger partial charge >= 0.3 is 0 Å². The Hall–Kier alpha value is -2.37. The quantitative estimate of drug-likeness (QED) is 0.893. The van der Waals surface area contributed by atoms with Crippen molar-refractivity contribution in [3.8, 4) is 0 Å². The summed E-state index contributed by atoms with van der Waals surface area (Å²) in [6.45, 7) is 1.70. The molecule has 1 saturated carbocycles. The Morgan fingerprint density at radius 1 is 1.22 bits per heavy atom. The van der Waals surface area contributed by atoms with E-state index in [1.54, 1.807) is 6.92 Å². The number of carbonyl (C=O) groups is 2. The maximum Gasteiger partial charge on any atom is 0.288 e. The zero-order valence-electron chi connectivity index (χ0n) is 13.3. The number of para-hydroxylation sites is 1. The average Bonchev–Trinajstić information content (AvgIpc) is 2.59. The van der Waals surface area contributed by atoms with Gasteiger partial charge in [0.05, 0.1) is 5.69 Å². The van der Waals surface area contributed by atoms with Crippen molar-refractivity contribution < 1.29 is 9.59 Å². The highest BCUT2D eigenvalue weighted by Gasteiger charge is 2.31. The zero-order chi connectivity index (χ0) is 16.2. The second-order valence-electron chi connectivity index (χ2n) is 6.08. The normalized spacial score (nSPS) is 22.3. The number of carbonyl (C=O) groups excluding carboxylic acids is 2. The van der Waals surface area contributed by atoms with Gasteiger partial charge < -0.3 is 5.32 Å². The third-order valence-corrected chi connectivity index (χ3v) is 4.29. The molecule has 1 fully saturated rings. The van der Waals surface area contributed by atoms with Crippen LogP contribution in [0.3, 0.4) is 0 Å². The SMILES string of the molecule is C[C@@H]1N=C(C(=O)NC2CCCCC2)NN(c2ccccc2)C1=O. The Morgan fingerprint density at radius 3 is 2.61 bits per heavy atom. The fourth-order valence-corrected chi connectivity index (χ4v) is 3.00. The fourth-order valence-electron chi connectivity index (χ4n) is 3.00. The third-order valence-electron chi connectivity index (χ3n) is 4.29. The highest BCUT2D eigenvalue weighted by molar-refractivity contribution is 6.39. The number of nitrogens with one attached hydrogen (secondary N) is 2. The van der Waals surface area contributed by atoms with Crippen LogP contribution in [0, 0.1) is 0 Å². The lowest BCUT2D eigenvalue weighted by atomic mass is 9.95. The summed E-state index contributed by atoms with van der Waals surface area (Å²) in [5.41, 5.74) is 3.56. The molecule has 0 aromatic heterocycles. The minimum Gasteiger partial charge on any atom is -0.347 e. The number of anilines is 1. The third kappa shape index (κ3) is 3.52. The van der Waals surface area contributed by atoms with Gasteiger partial charge in [-0.25, -0.2) is 10.0 Å². The zero-order valence-corrected chi connectivity index (χ0v) is 13.3. The van der Waals surface area contributed by atoms with E-state index < -0.39 is 6.04 Å². The number of hydrogen-bond acceptors (Lipinski definition) is 4. The van der Waals surface area contributed by atoms with Crippen molar-refractivity contribution in [1.82, 2.24) is 10.7 Å². The number of amidine groups is 1. The maximum absolute atomic E-state index is 12.5. The summed E-state index contributed by atoms with van der Waals surface area (Å²) in [5, 5.41) is 4.42. The molecule has 0 unspecified atom stereocenters. The molecule has 0 saturated heterocycles. The molecule has 6 nitrogen and oxygen atoms in total. The molecule has 1 aliphatic heterocycles. The predicted octanol–water partition coefficient (Wildman–Crippen LogP) is 1.77. The van der Waals surface area contributed by atoms with Gasteiger partial charge in [0.1, 0.15) is 6.04 Å². The summed E-state index contributed by atoms with van der Waals surface area (Å²) >= 11 is 0. The van der Waals surface area contributed by atoms with Crippen LogP contribution in [-0.4, -0.2) is 29.7 Å². The van der Waals surface area contributed by atoms with Crippen molar-refractivity contribution in [3.63, 3.8) is 0 Å². The van der Waals surface area contributed by atoms with Crippen LogP contribution in [0.15, 0.2) is 35.3 Å². The number of benzene rings is 1. The molecule has 1 atom stereocenters. The molecule has 1 heterocycles. The molecule has 122 valence electrons. The molecule has 2 amide bonds. The fraction of sp³-hybridized carbons (Fsp3) is 0.471. The van der Waals surface area contributed by atoms with Crippen LogP contribution in [0.5, 0.6) is 0 Å². The van der Waals surface area contributed by atoms with Gasteiger partial charge in [0.15, 0.2) is 0 Å². The van der Waals surface area contributed by atoms with Gasteiger partial charge in [-0.1, -0.05) is 37.5 Å². The van der Waals surface area contributed by atoms with Gasteiger partial charge in [-0.05, 0) is 31.9 Å². The van der Waals surface area contributed by atoms with Crippen LogP contribution >= 0.6 is 0 Å². The summed E-state index contributed by atoms with van der Waals surface area (Å²) in [5.74, 6) is -0.214. The van der Waals surface area contributed by atoms with Gasteiger partial charge in [0.25, 0.3) is 11.8 Å². The van der Waals surface area contributed by atoms with E-state index in [0.29, 0.717) is 5.69 Å². The first-order chi connectivity index (χ1) is 11.1. The molecule has 2 N–H and O–H groups in total. The summed E-state index contributed by atoms with van der Waals surface area (Å²) in [7, 11) is 0. The second-order valence-corrected chi connectivity index (χ2v) is 6.08. The Morgan fingerprint density at radius 2 is 1.91 bits per heavy atom. The first-order valence-corrected chi connectivity index (χ1v) is 8.19. The Bertz CT molecular complexity index is 608. The van der Waals surface area contributed by atoms with Gasteiger partial charge in [0.2, 0.25) is 5.84 Å². The first kappa shape index (κ1) is 15.5. The highest BCUT2D eigenvalue weighted by atomic mass is 16.2. The number of aliphatic imine (C=N–C) groups is 1. The van der Waals surface area contributed by atoms with E-state index in [4.69, 9.17) is 0 Å². The monoisotopic (exact) mass is 314 g/mol. The molecule has 1 aromatic rings. The Labute approximate surface area is 135 Å². The largest absolute Gasteiger partial charge is 0.347 e. The Kier molecular flexibility index (Phi) is 4.60. The maximum atomic E-state index is 12.5. The van der Waals surface area contributed by atoms with Crippen LogP contribution in [0.4, 0.5) is 5.69 Å². The number of hydrogen-bond donors (Lipinski definition) is 2. The molecule has 23 heavy (non-hydrogen) atoms. The standard InChI is InChI=1S/C17H22N4O2/c1-12-17(23)21(14-10-6-3-7-11-14)20-15(18-12)16(22)19-13-8-4-2-5-9-13/h3,6-7,10-13H,2,4-5,8-9H2,1H3,(H,18,20)(H,19,22)/t12-/m0/s1. The van der Waals surface area contributed by atoms with Gasteiger partial charge in [-0.15, -0.1) is 0 Å². The molecule has 1 aliphatic carbocycles. The summed E-state index contributed by atoms with van der Waals surface area (Å²) in [6, 6.07) is 8.85. The van der Waals surface area contributed by atoms with E-state index >= 15 is 0 Å². The minimum atomic E-state index is -0.580. The molecule has 1 aromatic carbocycles.